The number of aromatic nitrogens is 2. The number of anilines is 1. The van der Waals surface area contributed by atoms with Crippen molar-refractivity contribution in [3.8, 4) is 0 Å². The Bertz CT molecular complexity index is 728. The maximum absolute atomic E-state index is 5.96. The van der Waals surface area contributed by atoms with Crippen molar-refractivity contribution in [1.29, 1.82) is 0 Å². The number of nitrogens with one attached hydrogen (secondary N) is 1. The van der Waals surface area contributed by atoms with Crippen molar-refractivity contribution < 1.29 is 4.42 Å². The molecule has 0 aliphatic heterocycles. The number of hydrogen-bond acceptors (Lipinski definition) is 6. The number of rotatable bonds is 7. The highest BCUT2D eigenvalue weighted by Crippen LogP contribution is 2.40. The standard InChI is InChI=1S/C16H16ClN3OS2/c1-2-14(11-5-7-12(17)8-6-11)22-16-20-19-15(23-16)18-10-13-4-3-9-21-13/h3-9,14H,2,10H2,1H3,(H,18,19). The van der Waals surface area contributed by atoms with Gasteiger partial charge in [-0.1, -0.05) is 53.8 Å². The van der Waals surface area contributed by atoms with Crippen molar-refractivity contribution >= 4 is 39.8 Å². The lowest BCUT2D eigenvalue weighted by molar-refractivity contribution is 0.518. The van der Waals surface area contributed by atoms with E-state index in [1.165, 1.54) is 5.56 Å². The number of halogens is 1. The molecule has 1 aromatic carbocycles. The van der Waals surface area contributed by atoms with E-state index >= 15 is 0 Å². The van der Waals surface area contributed by atoms with E-state index in [0.29, 0.717) is 11.8 Å². The molecule has 0 fully saturated rings. The second-order valence-corrected chi connectivity index (χ2v) is 7.74. The summed E-state index contributed by atoms with van der Waals surface area (Å²) in [7, 11) is 0. The molecule has 0 amide bonds. The van der Waals surface area contributed by atoms with Gasteiger partial charge in [0.2, 0.25) is 5.13 Å². The average Bonchev–Trinajstić information content (AvgIpc) is 3.23. The second-order valence-electron chi connectivity index (χ2n) is 4.87. The van der Waals surface area contributed by atoms with Crippen LogP contribution < -0.4 is 5.32 Å². The molecule has 0 bridgehead atoms. The van der Waals surface area contributed by atoms with Crippen LogP contribution in [0.2, 0.25) is 5.02 Å². The van der Waals surface area contributed by atoms with E-state index in [1.807, 2.05) is 24.3 Å². The second kappa shape index (κ2) is 7.86. The SMILES string of the molecule is CCC(Sc1nnc(NCc2ccco2)s1)c1ccc(Cl)cc1. The first-order valence-corrected chi connectivity index (χ1v) is 9.34. The Kier molecular flexibility index (Phi) is 5.59. The summed E-state index contributed by atoms with van der Waals surface area (Å²) in [6.07, 6.45) is 2.68. The minimum Gasteiger partial charge on any atom is -0.467 e. The van der Waals surface area contributed by atoms with Crippen molar-refractivity contribution in [2.45, 2.75) is 29.5 Å². The van der Waals surface area contributed by atoms with E-state index in [1.54, 1.807) is 29.4 Å². The molecule has 2 heterocycles. The summed E-state index contributed by atoms with van der Waals surface area (Å²) in [4.78, 5) is 0. The van der Waals surface area contributed by atoms with Gasteiger partial charge < -0.3 is 9.73 Å². The highest BCUT2D eigenvalue weighted by atomic mass is 35.5. The van der Waals surface area contributed by atoms with E-state index < -0.39 is 0 Å². The highest BCUT2D eigenvalue weighted by molar-refractivity contribution is 8.01. The van der Waals surface area contributed by atoms with Crippen LogP contribution in [0.25, 0.3) is 0 Å². The zero-order valence-corrected chi connectivity index (χ0v) is 14.9. The van der Waals surface area contributed by atoms with Crippen LogP contribution in [-0.2, 0) is 6.54 Å². The molecule has 120 valence electrons. The molecule has 0 spiro atoms. The maximum Gasteiger partial charge on any atom is 0.206 e. The quantitative estimate of drug-likeness (QED) is 0.549. The molecule has 3 rings (SSSR count). The van der Waals surface area contributed by atoms with E-state index in [4.69, 9.17) is 16.0 Å². The molecule has 4 nitrogen and oxygen atoms in total. The number of furan rings is 1. The molecule has 7 heteroatoms. The zero-order chi connectivity index (χ0) is 16.1. The number of nitrogens with zero attached hydrogens (tertiary/aromatic N) is 2. The summed E-state index contributed by atoms with van der Waals surface area (Å²) < 4.78 is 6.24. The lowest BCUT2D eigenvalue weighted by Crippen LogP contribution is -1.96. The predicted molar refractivity (Wildman–Crippen MR) is 96.3 cm³/mol. The van der Waals surface area contributed by atoms with Crippen LogP contribution in [0.4, 0.5) is 5.13 Å². The molecule has 0 aliphatic carbocycles. The minimum atomic E-state index is 0.346. The van der Waals surface area contributed by atoms with Crippen LogP contribution >= 0.6 is 34.7 Å². The van der Waals surface area contributed by atoms with Gasteiger partial charge in [0.25, 0.3) is 0 Å². The minimum absolute atomic E-state index is 0.346. The molecule has 0 radical (unpaired) electrons. The fourth-order valence-corrected chi connectivity index (χ4v) is 4.26. The Morgan fingerprint density at radius 2 is 2.09 bits per heavy atom. The summed E-state index contributed by atoms with van der Waals surface area (Å²) in [6.45, 7) is 2.78. The normalized spacial score (nSPS) is 12.3. The van der Waals surface area contributed by atoms with Crippen molar-refractivity contribution in [1.82, 2.24) is 10.2 Å². The monoisotopic (exact) mass is 365 g/mol. The Labute approximate surface area is 148 Å². The summed E-state index contributed by atoms with van der Waals surface area (Å²) >= 11 is 9.25. The summed E-state index contributed by atoms with van der Waals surface area (Å²) in [5.74, 6) is 0.877. The Morgan fingerprint density at radius 1 is 1.26 bits per heavy atom. The van der Waals surface area contributed by atoms with Crippen LogP contribution in [-0.4, -0.2) is 10.2 Å². The summed E-state index contributed by atoms with van der Waals surface area (Å²) in [6, 6.07) is 11.8. The smallest absolute Gasteiger partial charge is 0.206 e. The third-order valence-corrected chi connectivity index (χ3v) is 5.90. The summed E-state index contributed by atoms with van der Waals surface area (Å²) in [5, 5.41) is 13.6. The molecule has 3 aromatic rings. The van der Waals surface area contributed by atoms with Gasteiger partial charge >= 0.3 is 0 Å². The van der Waals surface area contributed by atoms with Gasteiger partial charge in [0.1, 0.15) is 5.76 Å². The third kappa shape index (κ3) is 4.50. The fraction of sp³-hybridized carbons (Fsp3) is 0.250. The lowest BCUT2D eigenvalue weighted by atomic mass is 10.1. The maximum atomic E-state index is 5.96. The van der Waals surface area contributed by atoms with Gasteiger partial charge in [-0.3, -0.25) is 0 Å². The molecule has 0 saturated carbocycles. The Hall–Kier alpha value is -1.50. The first kappa shape index (κ1) is 16.4. The van der Waals surface area contributed by atoms with Crippen LogP contribution in [0, 0.1) is 0 Å². The van der Waals surface area contributed by atoms with E-state index in [9.17, 15) is 0 Å². The third-order valence-electron chi connectivity index (χ3n) is 3.26. The fourth-order valence-electron chi connectivity index (χ4n) is 2.09. The number of hydrogen-bond donors (Lipinski definition) is 1. The number of thioether (sulfide) groups is 1. The lowest BCUT2D eigenvalue weighted by Gasteiger charge is -2.12. The molecule has 23 heavy (non-hydrogen) atoms. The van der Waals surface area contributed by atoms with E-state index in [2.05, 4.69) is 34.6 Å². The van der Waals surface area contributed by atoms with Gasteiger partial charge in [-0.15, -0.1) is 10.2 Å². The molecule has 1 unspecified atom stereocenters. The van der Waals surface area contributed by atoms with Gasteiger partial charge in [-0.05, 0) is 36.2 Å². The van der Waals surface area contributed by atoms with E-state index in [0.717, 1.165) is 26.7 Å². The summed E-state index contributed by atoms with van der Waals surface area (Å²) in [5.41, 5.74) is 1.25. The van der Waals surface area contributed by atoms with Crippen molar-refractivity contribution in [3.63, 3.8) is 0 Å². The Balaban J connectivity index is 1.61. The van der Waals surface area contributed by atoms with Crippen LogP contribution in [0.3, 0.4) is 0 Å². The molecular weight excluding hydrogens is 350 g/mol. The van der Waals surface area contributed by atoms with Crippen molar-refractivity contribution in [2.24, 2.45) is 0 Å². The van der Waals surface area contributed by atoms with Gasteiger partial charge in [-0.25, -0.2) is 0 Å². The molecule has 0 aliphatic rings. The Morgan fingerprint density at radius 3 is 2.78 bits per heavy atom. The molecule has 0 saturated heterocycles. The van der Waals surface area contributed by atoms with Crippen molar-refractivity contribution in [2.75, 3.05) is 5.32 Å². The highest BCUT2D eigenvalue weighted by Gasteiger charge is 2.14. The van der Waals surface area contributed by atoms with Gasteiger partial charge in [-0.2, -0.15) is 0 Å². The van der Waals surface area contributed by atoms with Crippen LogP contribution in [0.5, 0.6) is 0 Å². The molecule has 2 aromatic heterocycles. The van der Waals surface area contributed by atoms with Gasteiger partial charge in [0.15, 0.2) is 4.34 Å². The first-order valence-electron chi connectivity index (χ1n) is 7.26. The number of benzene rings is 1. The van der Waals surface area contributed by atoms with Gasteiger partial charge in [0, 0.05) is 10.3 Å². The van der Waals surface area contributed by atoms with Crippen LogP contribution in [0.15, 0.2) is 51.4 Å². The average molecular weight is 366 g/mol. The van der Waals surface area contributed by atoms with Crippen molar-refractivity contribution in [3.05, 3.63) is 59.0 Å². The van der Waals surface area contributed by atoms with E-state index in [-0.39, 0.29) is 0 Å². The molecule has 1 atom stereocenters. The van der Waals surface area contributed by atoms with Gasteiger partial charge in [0.05, 0.1) is 12.8 Å². The topological polar surface area (TPSA) is 51.0 Å². The predicted octanol–water partition coefficient (Wildman–Crippen LogP) is 5.64. The molecular formula is C16H16ClN3OS2. The largest absolute Gasteiger partial charge is 0.467 e. The van der Waals surface area contributed by atoms with Crippen LogP contribution in [0.1, 0.15) is 29.9 Å². The zero-order valence-electron chi connectivity index (χ0n) is 12.5. The first-order chi connectivity index (χ1) is 11.2. The molecule has 1 N–H and O–H groups in total.